The maximum absolute atomic E-state index is 5.90. The molecule has 1 unspecified atom stereocenters. The predicted molar refractivity (Wildman–Crippen MR) is 79.9 cm³/mol. The van der Waals surface area contributed by atoms with E-state index in [1.54, 1.807) is 7.11 Å². The molecular formula is C15H24ClNO2. The summed E-state index contributed by atoms with van der Waals surface area (Å²) in [6, 6.07) is 8.33. The minimum absolute atomic E-state index is 0.331. The van der Waals surface area contributed by atoms with Gasteiger partial charge in [-0.2, -0.15) is 0 Å². The van der Waals surface area contributed by atoms with Gasteiger partial charge >= 0.3 is 0 Å². The molecule has 0 aromatic heterocycles. The molecule has 0 aliphatic rings. The normalized spacial score (nSPS) is 12.6. The van der Waals surface area contributed by atoms with E-state index in [9.17, 15) is 0 Å². The highest BCUT2D eigenvalue weighted by molar-refractivity contribution is 6.30. The van der Waals surface area contributed by atoms with Gasteiger partial charge in [0, 0.05) is 18.2 Å². The number of ether oxygens (including phenoxy) is 2. The van der Waals surface area contributed by atoms with Crippen molar-refractivity contribution in [2.75, 3.05) is 33.5 Å². The summed E-state index contributed by atoms with van der Waals surface area (Å²) in [5, 5.41) is 4.29. The molecule has 3 nitrogen and oxygen atoms in total. The number of halogens is 1. The summed E-state index contributed by atoms with van der Waals surface area (Å²) in [4.78, 5) is 0. The molecule has 1 aromatic rings. The van der Waals surface area contributed by atoms with Crippen LogP contribution in [0.4, 0.5) is 0 Å². The quantitative estimate of drug-likeness (QED) is 0.671. The highest BCUT2D eigenvalue weighted by atomic mass is 35.5. The lowest BCUT2D eigenvalue weighted by atomic mass is 10.1. The number of methoxy groups -OCH3 is 1. The monoisotopic (exact) mass is 285 g/mol. The topological polar surface area (TPSA) is 30.5 Å². The fourth-order valence-electron chi connectivity index (χ4n) is 1.81. The average molecular weight is 286 g/mol. The van der Waals surface area contributed by atoms with E-state index in [1.165, 1.54) is 5.56 Å². The van der Waals surface area contributed by atoms with Crippen molar-refractivity contribution in [3.8, 4) is 0 Å². The van der Waals surface area contributed by atoms with Gasteiger partial charge in [0.1, 0.15) is 0 Å². The molecule has 0 spiro atoms. The number of nitrogens with one attached hydrogen (secondary N) is 1. The minimum atomic E-state index is 0.331. The molecule has 0 saturated heterocycles. The van der Waals surface area contributed by atoms with Crippen molar-refractivity contribution < 1.29 is 9.47 Å². The van der Waals surface area contributed by atoms with Crippen LogP contribution in [0, 0.1) is 0 Å². The summed E-state index contributed by atoms with van der Waals surface area (Å²) in [5.74, 6) is 0. The average Bonchev–Trinajstić information content (AvgIpc) is 2.43. The van der Waals surface area contributed by atoms with E-state index < -0.39 is 0 Å². The predicted octanol–water partition coefficient (Wildman–Crippen LogP) is 2.91. The van der Waals surface area contributed by atoms with E-state index in [0.717, 1.165) is 24.4 Å². The van der Waals surface area contributed by atoms with Gasteiger partial charge in [0.2, 0.25) is 0 Å². The molecule has 0 aliphatic carbocycles. The Balaban J connectivity index is 2.41. The fourth-order valence-corrected chi connectivity index (χ4v) is 1.94. The van der Waals surface area contributed by atoms with Crippen LogP contribution in [0.3, 0.4) is 0 Å². The lowest BCUT2D eigenvalue weighted by Gasteiger charge is -2.18. The summed E-state index contributed by atoms with van der Waals surface area (Å²) in [5.41, 5.74) is 1.27. The van der Waals surface area contributed by atoms with Crippen LogP contribution in [0.15, 0.2) is 24.3 Å². The lowest BCUT2D eigenvalue weighted by molar-refractivity contribution is 0.0587. The zero-order valence-corrected chi connectivity index (χ0v) is 12.6. The molecule has 1 N–H and O–H groups in total. The summed E-state index contributed by atoms with van der Waals surface area (Å²) in [6.45, 7) is 5.15. The maximum Gasteiger partial charge on any atom is 0.0701 e. The maximum atomic E-state index is 5.90. The van der Waals surface area contributed by atoms with Crippen molar-refractivity contribution in [2.24, 2.45) is 0 Å². The summed E-state index contributed by atoms with van der Waals surface area (Å²) in [6.07, 6.45) is 2.07. The molecule has 0 amide bonds. The largest absolute Gasteiger partial charge is 0.382 e. The zero-order valence-electron chi connectivity index (χ0n) is 11.8. The van der Waals surface area contributed by atoms with Gasteiger partial charge in [-0.15, -0.1) is 0 Å². The van der Waals surface area contributed by atoms with Gasteiger partial charge in [0.25, 0.3) is 0 Å². The Labute approximate surface area is 121 Å². The molecule has 4 heteroatoms. The Hall–Kier alpha value is -0.610. The van der Waals surface area contributed by atoms with Crippen LogP contribution < -0.4 is 5.32 Å². The van der Waals surface area contributed by atoms with Gasteiger partial charge in [0.05, 0.1) is 19.8 Å². The third-order valence-electron chi connectivity index (χ3n) is 2.83. The summed E-state index contributed by atoms with van der Waals surface area (Å²) in [7, 11) is 1.68. The molecule has 0 aliphatic heterocycles. The van der Waals surface area contributed by atoms with Crippen molar-refractivity contribution in [2.45, 2.75) is 25.8 Å². The number of benzene rings is 1. The first kappa shape index (κ1) is 16.4. The van der Waals surface area contributed by atoms with Crippen molar-refractivity contribution in [3.05, 3.63) is 34.9 Å². The standard InChI is InChI=1S/C15H24ClNO2/c1-3-8-17-15(12-19-10-9-18-2)11-13-4-6-14(16)7-5-13/h4-7,15,17H,3,8-12H2,1-2H3. The van der Waals surface area contributed by atoms with Gasteiger partial charge in [-0.3, -0.25) is 0 Å². The Kier molecular flexibility index (Phi) is 8.84. The van der Waals surface area contributed by atoms with Crippen LogP contribution in [0.2, 0.25) is 5.02 Å². The Bertz CT molecular complexity index is 329. The van der Waals surface area contributed by atoms with E-state index in [4.69, 9.17) is 21.1 Å². The fraction of sp³-hybridized carbons (Fsp3) is 0.600. The van der Waals surface area contributed by atoms with Gasteiger partial charge in [-0.1, -0.05) is 30.7 Å². The van der Waals surface area contributed by atoms with Crippen molar-refractivity contribution in [1.82, 2.24) is 5.32 Å². The molecule has 0 bridgehead atoms. The van der Waals surface area contributed by atoms with Gasteiger partial charge in [-0.25, -0.2) is 0 Å². The first-order valence-corrected chi connectivity index (χ1v) is 7.18. The molecule has 0 saturated carbocycles. The van der Waals surface area contributed by atoms with Gasteiger partial charge in [-0.05, 0) is 37.1 Å². The third-order valence-corrected chi connectivity index (χ3v) is 3.08. The van der Waals surface area contributed by atoms with Crippen molar-refractivity contribution in [3.63, 3.8) is 0 Å². The van der Waals surface area contributed by atoms with Crippen LogP contribution in [-0.4, -0.2) is 39.5 Å². The molecule has 19 heavy (non-hydrogen) atoms. The van der Waals surface area contributed by atoms with Gasteiger partial charge in [0.15, 0.2) is 0 Å². The Morgan fingerprint density at radius 1 is 1.21 bits per heavy atom. The molecule has 0 fully saturated rings. The molecule has 1 rings (SSSR count). The summed E-state index contributed by atoms with van der Waals surface area (Å²) < 4.78 is 10.6. The zero-order chi connectivity index (χ0) is 13.9. The number of rotatable bonds is 10. The molecule has 0 radical (unpaired) electrons. The van der Waals surface area contributed by atoms with Gasteiger partial charge < -0.3 is 14.8 Å². The van der Waals surface area contributed by atoms with E-state index >= 15 is 0 Å². The highest BCUT2D eigenvalue weighted by Gasteiger charge is 2.09. The molecular weight excluding hydrogens is 262 g/mol. The molecule has 0 heterocycles. The lowest BCUT2D eigenvalue weighted by Crippen LogP contribution is -2.36. The summed E-state index contributed by atoms with van der Waals surface area (Å²) >= 11 is 5.90. The highest BCUT2D eigenvalue weighted by Crippen LogP contribution is 2.11. The SMILES string of the molecule is CCCNC(COCCOC)Cc1ccc(Cl)cc1. The second-order valence-corrected chi connectivity index (χ2v) is 4.99. The minimum Gasteiger partial charge on any atom is -0.382 e. The Morgan fingerprint density at radius 3 is 2.58 bits per heavy atom. The first-order valence-electron chi connectivity index (χ1n) is 6.80. The molecule has 108 valence electrons. The van der Waals surface area contributed by atoms with Crippen LogP contribution >= 0.6 is 11.6 Å². The third kappa shape index (κ3) is 7.53. The van der Waals surface area contributed by atoms with E-state index in [-0.39, 0.29) is 0 Å². The Morgan fingerprint density at radius 2 is 1.95 bits per heavy atom. The second kappa shape index (κ2) is 10.2. The molecule has 1 atom stereocenters. The van der Waals surface area contributed by atoms with Crippen LogP contribution in [0.25, 0.3) is 0 Å². The van der Waals surface area contributed by atoms with Crippen molar-refractivity contribution in [1.29, 1.82) is 0 Å². The molecule has 1 aromatic carbocycles. The second-order valence-electron chi connectivity index (χ2n) is 4.55. The first-order chi connectivity index (χ1) is 9.26. The smallest absolute Gasteiger partial charge is 0.0701 e. The van der Waals surface area contributed by atoms with Crippen molar-refractivity contribution >= 4 is 11.6 Å². The van der Waals surface area contributed by atoms with E-state index in [2.05, 4.69) is 24.4 Å². The van der Waals surface area contributed by atoms with E-state index in [0.29, 0.717) is 25.9 Å². The number of hydrogen-bond acceptors (Lipinski definition) is 3. The van der Waals surface area contributed by atoms with E-state index in [1.807, 2.05) is 12.1 Å². The van der Waals surface area contributed by atoms with Crippen LogP contribution in [0.5, 0.6) is 0 Å². The van der Waals surface area contributed by atoms with Crippen LogP contribution in [0.1, 0.15) is 18.9 Å². The van der Waals surface area contributed by atoms with Crippen LogP contribution in [-0.2, 0) is 15.9 Å². The number of hydrogen-bond donors (Lipinski definition) is 1.